The van der Waals surface area contributed by atoms with Crippen molar-refractivity contribution in [1.82, 2.24) is 5.32 Å². The number of aliphatic hydroxyl groups is 1. The minimum atomic E-state index is -4.75. The predicted molar refractivity (Wildman–Crippen MR) is 245 cm³/mol. The van der Waals surface area contributed by atoms with Gasteiger partial charge in [0.25, 0.3) is 0 Å². The Morgan fingerprint density at radius 2 is 0.767 bits per heavy atom. The Morgan fingerprint density at radius 3 is 1.10 bits per heavy atom. The van der Waals surface area contributed by atoms with Crippen LogP contribution in [-0.4, -0.2) is 64.9 Å². The van der Waals surface area contributed by atoms with E-state index in [4.69, 9.17) is 13.8 Å². The van der Waals surface area contributed by atoms with Crippen LogP contribution in [0.5, 0.6) is 0 Å². The number of carboxylic acids is 1. The lowest BCUT2D eigenvalue weighted by Gasteiger charge is -2.18. The smallest absolute Gasteiger partial charge is 0.472 e. The van der Waals surface area contributed by atoms with Gasteiger partial charge < -0.3 is 25.2 Å². The molecule has 0 aromatic rings. The zero-order valence-electron chi connectivity index (χ0n) is 38.8. The lowest BCUT2D eigenvalue weighted by Crippen LogP contribution is -2.43. The third-order valence-electron chi connectivity index (χ3n) is 11.4. The second-order valence-electron chi connectivity index (χ2n) is 17.4. The van der Waals surface area contributed by atoms with E-state index in [1.807, 2.05) is 0 Å². The van der Waals surface area contributed by atoms with Crippen LogP contribution in [0.4, 0.5) is 0 Å². The Morgan fingerprint density at radius 1 is 0.467 bits per heavy atom. The van der Waals surface area contributed by atoms with Gasteiger partial charge in [0, 0.05) is 12.8 Å². The van der Waals surface area contributed by atoms with Gasteiger partial charge in [-0.25, -0.2) is 9.36 Å². The van der Waals surface area contributed by atoms with E-state index in [1.165, 1.54) is 180 Å². The highest BCUT2D eigenvalue weighted by atomic mass is 31.2. The third-order valence-corrected chi connectivity index (χ3v) is 12.3. The number of hydrogen-bond acceptors (Lipinski definition) is 8. The van der Waals surface area contributed by atoms with E-state index in [2.05, 4.69) is 19.2 Å². The molecular formula is C48H94NO10P. The van der Waals surface area contributed by atoms with Crippen LogP contribution in [0.25, 0.3) is 0 Å². The highest BCUT2D eigenvalue weighted by Gasteiger charge is 2.28. The molecule has 60 heavy (non-hydrogen) atoms. The van der Waals surface area contributed by atoms with Crippen LogP contribution in [0.2, 0.25) is 0 Å². The molecule has 0 fully saturated rings. The maximum atomic E-state index is 12.3. The molecule has 0 heterocycles. The Kier molecular flexibility index (Phi) is 43.0. The summed E-state index contributed by atoms with van der Waals surface area (Å²) in [6, 6.07) is -1.54. The molecule has 11 nitrogen and oxygen atoms in total. The summed E-state index contributed by atoms with van der Waals surface area (Å²) in [6.07, 6.45) is 44.2. The molecule has 0 aromatic heterocycles. The van der Waals surface area contributed by atoms with Gasteiger partial charge in [0.15, 0.2) is 6.04 Å². The fourth-order valence-corrected chi connectivity index (χ4v) is 8.27. The van der Waals surface area contributed by atoms with Gasteiger partial charge in [-0.15, -0.1) is 0 Å². The molecule has 0 aliphatic rings. The van der Waals surface area contributed by atoms with Crippen molar-refractivity contribution in [3.05, 3.63) is 0 Å². The summed E-state index contributed by atoms with van der Waals surface area (Å²) in [5, 5.41) is 21.9. The molecule has 0 saturated carbocycles. The molecule has 0 radical (unpaired) electrons. The molecule has 1 amide bonds. The fraction of sp³-hybridized carbons (Fsp3) is 0.938. The van der Waals surface area contributed by atoms with Gasteiger partial charge in [0.05, 0.1) is 13.2 Å². The lowest BCUT2D eigenvalue weighted by molar-refractivity contribution is -0.147. The third kappa shape index (κ3) is 43.1. The summed E-state index contributed by atoms with van der Waals surface area (Å²) < 4.78 is 26.9. The van der Waals surface area contributed by atoms with Crippen LogP contribution in [0.15, 0.2) is 0 Å². The maximum absolute atomic E-state index is 12.3. The minimum Gasteiger partial charge on any atom is -0.480 e. The highest BCUT2D eigenvalue weighted by molar-refractivity contribution is 7.47. The maximum Gasteiger partial charge on any atom is 0.472 e. The van der Waals surface area contributed by atoms with Crippen molar-refractivity contribution in [2.24, 2.45) is 0 Å². The first-order valence-electron chi connectivity index (χ1n) is 25.1. The average molecular weight is 876 g/mol. The van der Waals surface area contributed by atoms with Crippen molar-refractivity contribution < 1.29 is 47.8 Å². The van der Waals surface area contributed by atoms with Crippen molar-refractivity contribution in [1.29, 1.82) is 0 Å². The standard InChI is InChI=1S/C48H94NO10P/c1-3-5-7-9-11-13-15-17-18-19-20-21-22-23-24-25-26-28-30-32-34-36-38-40-47(52)57-41-44(50)42-58-60(55,56)59-43-45(48(53)54)49-46(51)39-37-35-33-31-29-27-16-14-12-10-8-6-4-2/h44-45,50H,3-43H2,1-2H3,(H,49,51)(H,53,54)(H,55,56). The second-order valence-corrected chi connectivity index (χ2v) is 18.8. The first kappa shape index (κ1) is 58.5. The van der Waals surface area contributed by atoms with Crippen LogP contribution in [0.3, 0.4) is 0 Å². The zero-order valence-corrected chi connectivity index (χ0v) is 39.7. The molecule has 0 bridgehead atoms. The van der Waals surface area contributed by atoms with E-state index in [0.29, 0.717) is 12.8 Å². The largest absolute Gasteiger partial charge is 0.480 e. The number of hydrogen-bond donors (Lipinski definition) is 4. The average Bonchev–Trinajstić information content (AvgIpc) is 3.22. The summed E-state index contributed by atoms with van der Waals surface area (Å²) in [7, 11) is -4.75. The molecule has 4 N–H and O–H groups in total. The molecule has 3 atom stereocenters. The van der Waals surface area contributed by atoms with Crippen molar-refractivity contribution in [3.8, 4) is 0 Å². The molecule has 12 heteroatoms. The van der Waals surface area contributed by atoms with Crippen LogP contribution >= 0.6 is 7.82 Å². The number of nitrogens with one attached hydrogen (secondary N) is 1. The Balaban J connectivity index is 3.74. The Labute approximate surface area is 367 Å². The molecule has 356 valence electrons. The quantitative estimate of drug-likeness (QED) is 0.0262. The monoisotopic (exact) mass is 876 g/mol. The van der Waals surface area contributed by atoms with Gasteiger partial charge in [0.2, 0.25) is 5.91 Å². The van der Waals surface area contributed by atoms with Crippen LogP contribution < -0.4 is 5.32 Å². The van der Waals surface area contributed by atoms with E-state index in [1.54, 1.807) is 0 Å². The van der Waals surface area contributed by atoms with Gasteiger partial charge in [-0.3, -0.25) is 18.6 Å². The molecule has 0 aliphatic carbocycles. The van der Waals surface area contributed by atoms with Crippen molar-refractivity contribution in [2.75, 3.05) is 19.8 Å². The molecule has 3 unspecified atom stereocenters. The lowest BCUT2D eigenvalue weighted by atomic mass is 10.0. The van der Waals surface area contributed by atoms with Crippen LogP contribution in [-0.2, 0) is 32.7 Å². The normalized spacial score (nSPS) is 13.5. The van der Waals surface area contributed by atoms with Crippen LogP contribution in [0, 0.1) is 0 Å². The van der Waals surface area contributed by atoms with E-state index >= 15 is 0 Å². The van der Waals surface area contributed by atoms with Crippen molar-refractivity contribution in [2.45, 2.75) is 270 Å². The Bertz CT molecular complexity index is 1030. The van der Waals surface area contributed by atoms with Gasteiger partial charge in [-0.2, -0.15) is 0 Å². The summed E-state index contributed by atoms with van der Waals surface area (Å²) in [5.41, 5.74) is 0. The first-order valence-corrected chi connectivity index (χ1v) is 26.6. The number of rotatable bonds is 48. The summed E-state index contributed by atoms with van der Waals surface area (Å²) in [6.45, 7) is 2.64. The molecular weight excluding hydrogens is 781 g/mol. The van der Waals surface area contributed by atoms with E-state index < -0.39 is 57.6 Å². The fourth-order valence-electron chi connectivity index (χ4n) is 7.50. The number of aliphatic carboxylic acids is 1. The highest BCUT2D eigenvalue weighted by Crippen LogP contribution is 2.43. The van der Waals surface area contributed by atoms with Gasteiger partial charge in [0.1, 0.15) is 12.7 Å². The van der Waals surface area contributed by atoms with Gasteiger partial charge >= 0.3 is 19.8 Å². The van der Waals surface area contributed by atoms with E-state index in [0.717, 1.165) is 38.5 Å². The number of unbranched alkanes of at least 4 members (excludes halogenated alkanes) is 34. The van der Waals surface area contributed by atoms with Crippen molar-refractivity contribution in [3.63, 3.8) is 0 Å². The summed E-state index contributed by atoms with van der Waals surface area (Å²) in [4.78, 5) is 46.0. The molecule has 0 saturated heterocycles. The molecule has 0 rings (SSSR count). The predicted octanol–water partition coefficient (Wildman–Crippen LogP) is 13.5. The van der Waals surface area contributed by atoms with E-state index in [9.17, 15) is 34.1 Å². The summed E-state index contributed by atoms with van der Waals surface area (Å²) >= 11 is 0. The number of amides is 1. The summed E-state index contributed by atoms with van der Waals surface area (Å²) in [5.74, 6) is -2.35. The number of ether oxygens (including phenoxy) is 1. The number of phosphoric ester groups is 1. The van der Waals surface area contributed by atoms with E-state index in [-0.39, 0.29) is 12.8 Å². The topological polar surface area (TPSA) is 169 Å². The Hall–Kier alpha value is -1.52. The number of carbonyl (C=O) groups is 3. The van der Waals surface area contributed by atoms with Crippen molar-refractivity contribution >= 4 is 25.7 Å². The van der Waals surface area contributed by atoms with Gasteiger partial charge in [-0.1, -0.05) is 232 Å². The van der Waals surface area contributed by atoms with Crippen LogP contribution in [0.1, 0.15) is 258 Å². The molecule has 0 aromatic carbocycles. The molecule has 0 spiro atoms. The number of phosphoric acid groups is 1. The number of aliphatic hydroxyl groups excluding tert-OH is 1. The SMILES string of the molecule is CCCCCCCCCCCCCCCCCCCCCCCCCC(=O)OCC(O)COP(=O)(O)OCC(NC(=O)CCCCCCCCCCCCCCC)C(=O)O. The number of carboxylic acid groups (broad SMARTS) is 1. The van der Waals surface area contributed by atoms with Gasteiger partial charge in [-0.05, 0) is 12.8 Å². The minimum absolute atomic E-state index is 0.152. The number of esters is 1. The first-order chi connectivity index (χ1) is 29.1. The molecule has 0 aliphatic heterocycles. The zero-order chi connectivity index (χ0) is 44.2. The second kappa shape index (κ2) is 44.1. The number of carbonyl (C=O) groups excluding carboxylic acids is 2.